The second-order valence-corrected chi connectivity index (χ2v) is 5.86. The lowest BCUT2D eigenvalue weighted by atomic mass is 10.1. The Hall–Kier alpha value is -2.35. The molecule has 0 aliphatic heterocycles. The van der Waals surface area contributed by atoms with Crippen LogP contribution in [0.2, 0.25) is 0 Å². The van der Waals surface area contributed by atoms with Crippen LogP contribution in [0.15, 0.2) is 35.9 Å². The van der Waals surface area contributed by atoms with Crippen LogP contribution in [0.4, 0.5) is 8.78 Å². The minimum absolute atomic E-state index is 0.269. The van der Waals surface area contributed by atoms with Crippen LogP contribution in [-0.4, -0.2) is 31.0 Å². The average molecular weight is 320 g/mol. The molecule has 0 spiro atoms. The quantitative estimate of drug-likeness (QED) is 0.454. The highest BCUT2D eigenvalue weighted by molar-refractivity contribution is 8.00. The van der Waals surface area contributed by atoms with Crippen LogP contribution >= 0.6 is 11.8 Å². The van der Waals surface area contributed by atoms with Gasteiger partial charge in [0.2, 0.25) is 0 Å². The van der Waals surface area contributed by atoms with Gasteiger partial charge in [-0.2, -0.15) is 0 Å². The number of rotatable bonds is 4. The molecule has 2 heterocycles. The average Bonchev–Trinajstić information content (AvgIpc) is 2.98. The Morgan fingerprint density at radius 3 is 2.91 bits per heavy atom. The summed E-state index contributed by atoms with van der Waals surface area (Å²) < 4.78 is 26.9. The Labute approximate surface area is 128 Å². The fourth-order valence-corrected chi connectivity index (χ4v) is 2.90. The molecule has 0 saturated heterocycles. The van der Waals surface area contributed by atoms with E-state index in [-0.39, 0.29) is 5.56 Å². The monoisotopic (exact) mass is 320 g/mol. The highest BCUT2D eigenvalue weighted by Gasteiger charge is 2.22. The number of carbonyl (C=O) groups is 1. The number of nitrogens with zero attached hydrogens (tertiary/aromatic N) is 3. The number of hydrogen-bond donors (Lipinski definition) is 1. The fraction of sp³-hybridized carbons (Fsp3) is 0.143. The second-order valence-electron chi connectivity index (χ2n) is 4.53. The molecule has 0 amide bonds. The summed E-state index contributed by atoms with van der Waals surface area (Å²) in [5.74, 6) is -1.90. The lowest BCUT2D eigenvalue weighted by Crippen LogP contribution is -2.15. The summed E-state index contributed by atoms with van der Waals surface area (Å²) in [5, 5.41) is -0.113. The van der Waals surface area contributed by atoms with Gasteiger partial charge in [0.1, 0.15) is 28.5 Å². The minimum Gasteiger partial charge on any atom is -0.341 e. The normalized spacial score (nSPS) is 12.5. The molecule has 22 heavy (non-hydrogen) atoms. The first-order valence-electron chi connectivity index (χ1n) is 6.36. The molecule has 1 N–H and O–H groups in total. The Bertz CT molecular complexity index is 852. The molecule has 0 saturated carbocycles. The van der Waals surface area contributed by atoms with Crippen molar-refractivity contribution in [1.82, 2.24) is 19.9 Å². The van der Waals surface area contributed by atoms with E-state index in [0.29, 0.717) is 16.2 Å². The fourth-order valence-electron chi connectivity index (χ4n) is 1.96. The van der Waals surface area contributed by atoms with Gasteiger partial charge in [-0.1, -0.05) is 11.8 Å². The van der Waals surface area contributed by atoms with Crippen molar-refractivity contribution in [2.75, 3.05) is 0 Å². The van der Waals surface area contributed by atoms with Crippen molar-refractivity contribution < 1.29 is 13.6 Å². The molecule has 2 aromatic heterocycles. The molecule has 0 aliphatic carbocycles. The van der Waals surface area contributed by atoms with Crippen molar-refractivity contribution in [2.24, 2.45) is 0 Å². The van der Waals surface area contributed by atoms with Crippen molar-refractivity contribution in [3.05, 3.63) is 48.1 Å². The van der Waals surface area contributed by atoms with Crippen LogP contribution in [0.3, 0.4) is 0 Å². The number of H-pyrrole nitrogens is 1. The van der Waals surface area contributed by atoms with E-state index in [1.807, 2.05) is 0 Å². The number of ketones is 1. The van der Waals surface area contributed by atoms with Crippen molar-refractivity contribution in [1.29, 1.82) is 0 Å². The molecule has 112 valence electrons. The summed E-state index contributed by atoms with van der Waals surface area (Å²) in [6.07, 6.45) is 2.81. The Balaban J connectivity index is 1.88. The molecule has 3 aromatic rings. The minimum atomic E-state index is -0.742. The van der Waals surface area contributed by atoms with Gasteiger partial charge in [0, 0.05) is 0 Å². The number of halogens is 2. The smallest absolute Gasteiger partial charge is 0.181 e. The third-order valence-electron chi connectivity index (χ3n) is 3.04. The zero-order valence-electron chi connectivity index (χ0n) is 11.4. The number of Topliss-reactive ketones (excluding diaryl/α,β-unsaturated/α-hetero) is 1. The molecule has 3 rings (SSSR count). The maximum atomic E-state index is 13.7. The summed E-state index contributed by atoms with van der Waals surface area (Å²) in [6.45, 7) is 1.61. The number of benzene rings is 1. The highest BCUT2D eigenvalue weighted by atomic mass is 32.2. The zero-order valence-corrected chi connectivity index (χ0v) is 12.2. The molecular formula is C14H10F2N4OS. The summed E-state index contributed by atoms with van der Waals surface area (Å²) >= 11 is 1.13. The van der Waals surface area contributed by atoms with Crippen molar-refractivity contribution >= 4 is 28.7 Å². The van der Waals surface area contributed by atoms with Gasteiger partial charge >= 0.3 is 0 Å². The van der Waals surface area contributed by atoms with Crippen LogP contribution in [0.25, 0.3) is 11.2 Å². The standard InChI is InChI=1S/C14H10F2N4OS/c1-7(12(21)9-4-8(15)2-3-10(9)16)22-14-11-13(18-5-17-11)19-6-20-14/h2-7H,1H3,(H,17,18,19,20)/t7-/m0/s1. The third kappa shape index (κ3) is 2.69. The maximum absolute atomic E-state index is 13.7. The predicted molar refractivity (Wildman–Crippen MR) is 77.7 cm³/mol. The predicted octanol–water partition coefficient (Wildman–Crippen LogP) is 2.99. The van der Waals surface area contributed by atoms with E-state index in [2.05, 4.69) is 19.9 Å². The first kappa shape index (κ1) is 14.6. The molecule has 0 fully saturated rings. The number of thioether (sulfide) groups is 1. The van der Waals surface area contributed by atoms with Gasteiger partial charge in [0.05, 0.1) is 17.1 Å². The topological polar surface area (TPSA) is 71.5 Å². The first-order valence-corrected chi connectivity index (χ1v) is 7.24. The number of fused-ring (bicyclic) bond motifs is 1. The first-order chi connectivity index (χ1) is 10.6. The van der Waals surface area contributed by atoms with E-state index in [1.165, 1.54) is 12.7 Å². The second kappa shape index (κ2) is 5.80. The van der Waals surface area contributed by atoms with Crippen LogP contribution in [0, 0.1) is 11.6 Å². The molecule has 0 aliphatic rings. The Morgan fingerprint density at radius 2 is 2.09 bits per heavy atom. The summed E-state index contributed by atoms with van der Waals surface area (Å²) in [4.78, 5) is 27.3. The molecule has 0 radical (unpaired) electrons. The molecular weight excluding hydrogens is 310 g/mol. The van der Waals surface area contributed by atoms with E-state index in [4.69, 9.17) is 0 Å². The number of aromatic nitrogens is 4. The Kier molecular flexibility index (Phi) is 3.84. The van der Waals surface area contributed by atoms with Crippen LogP contribution in [0.1, 0.15) is 17.3 Å². The Morgan fingerprint density at radius 1 is 1.27 bits per heavy atom. The van der Waals surface area contributed by atoms with Crippen LogP contribution < -0.4 is 0 Å². The molecule has 1 atom stereocenters. The van der Waals surface area contributed by atoms with E-state index in [0.717, 1.165) is 30.0 Å². The summed E-state index contributed by atoms with van der Waals surface area (Å²) in [7, 11) is 0. The lowest BCUT2D eigenvalue weighted by molar-refractivity contribution is 0.0989. The molecule has 1 aromatic carbocycles. The lowest BCUT2D eigenvalue weighted by Gasteiger charge is -2.10. The summed E-state index contributed by atoms with van der Waals surface area (Å²) in [6, 6.07) is 2.82. The van der Waals surface area contributed by atoms with Crippen molar-refractivity contribution in [3.63, 3.8) is 0 Å². The van der Waals surface area contributed by atoms with Gasteiger partial charge in [-0.15, -0.1) is 0 Å². The van der Waals surface area contributed by atoms with Gasteiger partial charge in [-0.05, 0) is 25.1 Å². The number of hydrogen-bond acceptors (Lipinski definition) is 5. The van der Waals surface area contributed by atoms with Crippen LogP contribution in [-0.2, 0) is 0 Å². The van der Waals surface area contributed by atoms with E-state index >= 15 is 0 Å². The number of nitrogens with one attached hydrogen (secondary N) is 1. The van der Waals surface area contributed by atoms with Gasteiger partial charge in [-0.3, -0.25) is 4.79 Å². The van der Waals surface area contributed by atoms with Crippen molar-refractivity contribution in [3.8, 4) is 0 Å². The molecule has 5 nitrogen and oxygen atoms in total. The van der Waals surface area contributed by atoms with Crippen molar-refractivity contribution in [2.45, 2.75) is 17.2 Å². The zero-order chi connectivity index (χ0) is 15.7. The largest absolute Gasteiger partial charge is 0.341 e. The third-order valence-corrected chi connectivity index (χ3v) is 4.14. The van der Waals surface area contributed by atoms with E-state index in [1.54, 1.807) is 6.92 Å². The maximum Gasteiger partial charge on any atom is 0.181 e. The van der Waals surface area contributed by atoms with Gasteiger partial charge in [-0.25, -0.2) is 23.7 Å². The molecule has 0 unspecified atom stereocenters. The van der Waals surface area contributed by atoms with E-state index < -0.39 is 22.7 Å². The number of imidazole rings is 1. The highest BCUT2D eigenvalue weighted by Crippen LogP contribution is 2.28. The van der Waals surface area contributed by atoms with Crippen LogP contribution in [0.5, 0.6) is 0 Å². The number of carbonyl (C=O) groups excluding carboxylic acids is 1. The van der Waals surface area contributed by atoms with Gasteiger partial charge in [0.15, 0.2) is 11.4 Å². The molecule has 8 heteroatoms. The van der Waals surface area contributed by atoms with Gasteiger partial charge < -0.3 is 4.98 Å². The number of aromatic amines is 1. The SMILES string of the molecule is C[C@H](Sc1ncnc2nc[nH]c12)C(=O)c1cc(F)ccc1F. The summed E-state index contributed by atoms with van der Waals surface area (Å²) in [5.41, 5.74) is 0.816. The van der Waals surface area contributed by atoms with Gasteiger partial charge in [0.25, 0.3) is 0 Å². The molecule has 0 bridgehead atoms. The van der Waals surface area contributed by atoms with E-state index in [9.17, 15) is 13.6 Å².